The van der Waals surface area contributed by atoms with E-state index in [0.29, 0.717) is 46.6 Å². The minimum absolute atomic E-state index is 0.336. The fraction of sp³-hybridized carbons (Fsp3) is 0.357. The van der Waals surface area contributed by atoms with Gasteiger partial charge in [0.25, 0.3) is 0 Å². The van der Waals surface area contributed by atoms with Crippen LogP contribution in [0.4, 0.5) is 17.1 Å². The highest BCUT2D eigenvalue weighted by atomic mass is 16.1. The Labute approximate surface area is 116 Å². The number of isocyanates is 3. The summed E-state index contributed by atoms with van der Waals surface area (Å²) in [6, 6.07) is 0. The normalized spacial score (nSPS) is 9.15. The lowest BCUT2D eigenvalue weighted by molar-refractivity contribution is 0.564. The molecule has 0 unspecified atom stereocenters. The van der Waals surface area contributed by atoms with Crippen molar-refractivity contribution in [2.75, 3.05) is 0 Å². The van der Waals surface area contributed by atoms with Crippen LogP contribution in [0.2, 0.25) is 0 Å². The summed E-state index contributed by atoms with van der Waals surface area (Å²) in [4.78, 5) is 42.8. The first kappa shape index (κ1) is 15.4. The standard InChI is InChI=1S/C14H13N3O3/c1-4-10-12(15-6-18)9(3)13(16-7-19)11(5-2)14(10)17-8-20/h4-5H2,1-3H3. The predicted molar refractivity (Wildman–Crippen MR) is 73.3 cm³/mol. The van der Waals surface area contributed by atoms with Crippen LogP contribution in [0.15, 0.2) is 15.0 Å². The quantitative estimate of drug-likeness (QED) is 0.609. The van der Waals surface area contributed by atoms with Gasteiger partial charge in [0.15, 0.2) is 0 Å². The van der Waals surface area contributed by atoms with Crippen molar-refractivity contribution < 1.29 is 14.4 Å². The number of aliphatic imine (C=N–C) groups is 3. The van der Waals surface area contributed by atoms with Crippen molar-refractivity contribution >= 4 is 35.3 Å². The summed E-state index contributed by atoms with van der Waals surface area (Å²) in [5, 5.41) is 0. The van der Waals surface area contributed by atoms with Crippen molar-refractivity contribution in [1.29, 1.82) is 0 Å². The molecule has 20 heavy (non-hydrogen) atoms. The maximum atomic E-state index is 10.6. The fourth-order valence-corrected chi connectivity index (χ4v) is 2.22. The van der Waals surface area contributed by atoms with Crippen LogP contribution in [0.3, 0.4) is 0 Å². The molecule has 6 nitrogen and oxygen atoms in total. The van der Waals surface area contributed by atoms with E-state index < -0.39 is 0 Å². The summed E-state index contributed by atoms with van der Waals surface area (Å²) in [6.45, 7) is 5.40. The van der Waals surface area contributed by atoms with Crippen molar-refractivity contribution in [3.8, 4) is 0 Å². The molecular formula is C14H13N3O3. The summed E-state index contributed by atoms with van der Waals surface area (Å²) in [7, 11) is 0. The highest BCUT2D eigenvalue weighted by molar-refractivity contribution is 5.81. The number of nitrogens with zero attached hydrogens (tertiary/aromatic N) is 3. The number of hydrogen-bond donors (Lipinski definition) is 0. The van der Waals surface area contributed by atoms with E-state index in [9.17, 15) is 14.4 Å². The van der Waals surface area contributed by atoms with E-state index in [-0.39, 0.29) is 0 Å². The van der Waals surface area contributed by atoms with Crippen LogP contribution < -0.4 is 0 Å². The Morgan fingerprint density at radius 2 is 1.10 bits per heavy atom. The zero-order chi connectivity index (χ0) is 15.1. The van der Waals surface area contributed by atoms with Gasteiger partial charge < -0.3 is 0 Å². The number of hydrogen-bond acceptors (Lipinski definition) is 6. The van der Waals surface area contributed by atoms with Crippen molar-refractivity contribution in [1.82, 2.24) is 0 Å². The van der Waals surface area contributed by atoms with Gasteiger partial charge in [-0.05, 0) is 19.8 Å². The molecule has 0 radical (unpaired) electrons. The van der Waals surface area contributed by atoms with E-state index in [0.717, 1.165) is 0 Å². The predicted octanol–water partition coefficient (Wildman–Crippen LogP) is 3.02. The van der Waals surface area contributed by atoms with Crippen LogP contribution in [0, 0.1) is 6.92 Å². The monoisotopic (exact) mass is 271 g/mol. The van der Waals surface area contributed by atoms with Gasteiger partial charge in [0.05, 0.1) is 17.1 Å². The van der Waals surface area contributed by atoms with Crippen molar-refractivity contribution in [2.24, 2.45) is 15.0 Å². The van der Waals surface area contributed by atoms with Crippen LogP contribution in [-0.4, -0.2) is 18.2 Å². The lowest BCUT2D eigenvalue weighted by Gasteiger charge is -2.15. The Balaban J connectivity index is 4.02. The average Bonchev–Trinajstić information content (AvgIpc) is 2.45. The maximum absolute atomic E-state index is 10.6. The first-order valence-corrected chi connectivity index (χ1v) is 6.08. The molecule has 0 aliphatic carbocycles. The first-order chi connectivity index (χ1) is 9.65. The Morgan fingerprint density at radius 1 is 0.750 bits per heavy atom. The van der Waals surface area contributed by atoms with E-state index in [1.807, 2.05) is 13.8 Å². The van der Waals surface area contributed by atoms with E-state index >= 15 is 0 Å². The maximum Gasteiger partial charge on any atom is 0.240 e. The van der Waals surface area contributed by atoms with Crippen LogP contribution in [0.25, 0.3) is 0 Å². The van der Waals surface area contributed by atoms with E-state index in [1.165, 1.54) is 18.2 Å². The third-order valence-corrected chi connectivity index (χ3v) is 3.03. The summed E-state index contributed by atoms with van der Waals surface area (Å²) >= 11 is 0. The lowest BCUT2D eigenvalue weighted by atomic mass is 9.95. The highest BCUT2D eigenvalue weighted by Crippen LogP contribution is 2.43. The average molecular weight is 271 g/mol. The van der Waals surface area contributed by atoms with Gasteiger partial charge in [-0.2, -0.15) is 15.0 Å². The van der Waals surface area contributed by atoms with Gasteiger partial charge in [0.2, 0.25) is 18.2 Å². The molecule has 1 rings (SSSR count). The Bertz CT molecular complexity index is 628. The second-order valence-electron chi connectivity index (χ2n) is 3.94. The molecule has 0 N–H and O–H groups in total. The highest BCUT2D eigenvalue weighted by Gasteiger charge is 2.20. The summed E-state index contributed by atoms with van der Waals surface area (Å²) in [5.41, 5.74) is 2.87. The van der Waals surface area contributed by atoms with Gasteiger partial charge in [0, 0.05) is 16.7 Å². The van der Waals surface area contributed by atoms with E-state index in [2.05, 4.69) is 15.0 Å². The Morgan fingerprint density at radius 3 is 1.40 bits per heavy atom. The largest absolute Gasteiger partial charge is 0.240 e. The second kappa shape index (κ2) is 7.07. The van der Waals surface area contributed by atoms with Crippen molar-refractivity contribution in [3.05, 3.63) is 16.7 Å². The summed E-state index contributed by atoms with van der Waals surface area (Å²) in [6.07, 6.45) is 5.45. The minimum Gasteiger partial charge on any atom is -0.211 e. The minimum atomic E-state index is 0.336. The van der Waals surface area contributed by atoms with Gasteiger partial charge in [-0.25, -0.2) is 14.4 Å². The molecule has 0 saturated carbocycles. The molecule has 0 aliphatic rings. The molecule has 0 saturated heterocycles. The molecule has 6 heteroatoms. The third kappa shape index (κ3) is 2.68. The molecular weight excluding hydrogens is 258 g/mol. The molecule has 0 aliphatic heterocycles. The van der Waals surface area contributed by atoms with Crippen molar-refractivity contribution in [2.45, 2.75) is 33.6 Å². The van der Waals surface area contributed by atoms with Crippen LogP contribution in [0.5, 0.6) is 0 Å². The van der Waals surface area contributed by atoms with E-state index in [1.54, 1.807) is 6.92 Å². The molecule has 0 fully saturated rings. The third-order valence-electron chi connectivity index (χ3n) is 3.03. The van der Waals surface area contributed by atoms with Crippen LogP contribution >= 0.6 is 0 Å². The fourth-order valence-electron chi connectivity index (χ4n) is 2.22. The molecule has 0 bridgehead atoms. The number of rotatable bonds is 5. The molecule has 0 amide bonds. The molecule has 102 valence electrons. The smallest absolute Gasteiger partial charge is 0.211 e. The summed E-state index contributed by atoms with van der Waals surface area (Å²) < 4.78 is 0. The second-order valence-corrected chi connectivity index (χ2v) is 3.94. The topological polar surface area (TPSA) is 88.3 Å². The van der Waals surface area contributed by atoms with Gasteiger partial charge in [-0.1, -0.05) is 13.8 Å². The van der Waals surface area contributed by atoms with Gasteiger partial charge >= 0.3 is 0 Å². The molecule has 0 heterocycles. The van der Waals surface area contributed by atoms with Crippen LogP contribution in [-0.2, 0) is 27.2 Å². The van der Waals surface area contributed by atoms with E-state index in [4.69, 9.17) is 0 Å². The van der Waals surface area contributed by atoms with Gasteiger partial charge in [-0.15, -0.1) is 0 Å². The molecule has 0 spiro atoms. The van der Waals surface area contributed by atoms with Gasteiger partial charge in [-0.3, -0.25) is 0 Å². The summed E-state index contributed by atoms with van der Waals surface area (Å²) in [5.74, 6) is 0. The Hall–Kier alpha value is -2.64. The number of benzene rings is 1. The van der Waals surface area contributed by atoms with Crippen LogP contribution in [0.1, 0.15) is 30.5 Å². The SMILES string of the molecule is CCc1c(N=C=O)c(C)c(N=C=O)c(CC)c1N=C=O. The Kier molecular flexibility index (Phi) is 5.45. The lowest BCUT2D eigenvalue weighted by Crippen LogP contribution is -1.95. The zero-order valence-electron chi connectivity index (χ0n) is 11.5. The zero-order valence-corrected chi connectivity index (χ0v) is 11.5. The number of carbonyl (C=O) groups excluding carboxylic acids is 3. The molecule has 0 aromatic heterocycles. The molecule has 1 aromatic rings. The molecule has 1 aromatic carbocycles. The van der Waals surface area contributed by atoms with Gasteiger partial charge in [0.1, 0.15) is 0 Å². The first-order valence-electron chi connectivity index (χ1n) is 6.08. The molecule has 0 atom stereocenters. The van der Waals surface area contributed by atoms with Crippen molar-refractivity contribution in [3.63, 3.8) is 0 Å².